The van der Waals surface area contributed by atoms with Crippen LogP contribution in [0.4, 0.5) is 0 Å². The molecule has 4 rings (SSSR count). The van der Waals surface area contributed by atoms with E-state index in [0.29, 0.717) is 5.69 Å². The zero-order valence-electron chi connectivity index (χ0n) is 15.9. The number of aromatic nitrogens is 3. The van der Waals surface area contributed by atoms with Crippen LogP contribution in [0, 0.1) is 0 Å². The molecule has 1 fully saturated rings. The molecule has 0 bridgehead atoms. The summed E-state index contributed by atoms with van der Waals surface area (Å²) in [5.41, 5.74) is 3.80. The van der Waals surface area contributed by atoms with Crippen molar-refractivity contribution in [1.29, 1.82) is 0 Å². The molecule has 1 saturated heterocycles. The fraction of sp³-hybridized carbons (Fsp3) is 0.333. The van der Waals surface area contributed by atoms with Gasteiger partial charge in [0.1, 0.15) is 11.4 Å². The lowest BCUT2D eigenvalue weighted by molar-refractivity contribution is 0.0618. The molecular weight excluding hydrogens is 338 g/mol. The fourth-order valence-electron chi connectivity index (χ4n) is 3.63. The molecular formula is C21H25N5O. The van der Waals surface area contributed by atoms with Gasteiger partial charge in [0, 0.05) is 53.0 Å². The van der Waals surface area contributed by atoms with Crippen LogP contribution in [0.3, 0.4) is 0 Å². The predicted molar refractivity (Wildman–Crippen MR) is 105 cm³/mol. The molecule has 6 nitrogen and oxygen atoms in total. The number of carbonyl (C=O) groups is 1. The number of amides is 1. The Morgan fingerprint density at radius 1 is 1.00 bits per heavy atom. The quantitative estimate of drug-likeness (QED) is 0.715. The van der Waals surface area contributed by atoms with Crippen LogP contribution in [0.1, 0.15) is 16.1 Å². The third-order valence-electron chi connectivity index (χ3n) is 5.21. The van der Waals surface area contributed by atoms with Crippen LogP contribution in [0.15, 0.2) is 54.7 Å². The van der Waals surface area contributed by atoms with E-state index >= 15 is 0 Å². The summed E-state index contributed by atoms with van der Waals surface area (Å²) in [6, 6.07) is 16.4. The molecule has 0 saturated carbocycles. The SMILES string of the molecule is Cn1cccc1-c1cc(C(=O)N2CCN(Cc3ccccc3)CC2)n(C)n1. The van der Waals surface area contributed by atoms with Crippen molar-refractivity contribution in [3.63, 3.8) is 0 Å². The number of benzene rings is 1. The van der Waals surface area contributed by atoms with Crippen molar-refractivity contribution < 1.29 is 4.79 Å². The smallest absolute Gasteiger partial charge is 0.272 e. The third kappa shape index (κ3) is 3.66. The Labute approximate surface area is 159 Å². The molecule has 6 heteroatoms. The van der Waals surface area contributed by atoms with Gasteiger partial charge >= 0.3 is 0 Å². The summed E-state index contributed by atoms with van der Waals surface area (Å²) < 4.78 is 3.71. The highest BCUT2D eigenvalue weighted by Gasteiger charge is 2.25. The topological polar surface area (TPSA) is 46.3 Å². The Kier molecular flexibility index (Phi) is 4.81. The normalized spacial score (nSPS) is 15.3. The molecule has 0 spiro atoms. The van der Waals surface area contributed by atoms with Gasteiger partial charge < -0.3 is 9.47 Å². The van der Waals surface area contributed by atoms with Gasteiger partial charge in [-0.25, -0.2) is 0 Å². The fourth-order valence-corrected chi connectivity index (χ4v) is 3.63. The second-order valence-electron chi connectivity index (χ2n) is 7.10. The van der Waals surface area contributed by atoms with Crippen LogP contribution >= 0.6 is 0 Å². The summed E-state index contributed by atoms with van der Waals surface area (Å²) in [6.45, 7) is 4.21. The molecule has 1 aliphatic heterocycles. The highest BCUT2D eigenvalue weighted by molar-refractivity contribution is 5.93. The maximum absolute atomic E-state index is 13.0. The molecule has 1 amide bonds. The molecule has 0 radical (unpaired) electrons. The Balaban J connectivity index is 1.41. The molecule has 1 aromatic carbocycles. The van der Waals surface area contributed by atoms with E-state index in [2.05, 4.69) is 34.3 Å². The van der Waals surface area contributed by atoms with Gasteiger partial charge in [0.25, 0.3) is 5.91 Å². The minimum Gasteiger partial charge on any atom is -0.349 e. The van der Waals surface area contributed by atoms with Gasteiger partial charge in [0.2, 0.25) is 0 Å². The van der Waals surface area contributed by atoms with E-state index in [0.717, 1.165) is 44.1 Å². The minimum atomic E-state index is 0.0600. The summed E-state index contributed by atoms with van der Waals surface area (Å²) in [6.07, 6.45) is 1.98. The molecule has 0 atom stereocenters. The highest BCUT2D eigenvalue weighted by Crippen LogP contribution is 2.20. The average Bonchev–Trinajstić information content (AvgIpc) is 3.28. The molecule has 140 valence electrons. The lowest BCUT2D eigenvalue weighted by atomic mass is 10.2. The van der Waals surface area contributed by atoms with Crippen molar-refractivity contribution in [2.75, 3.05) is 26.2 Å². The lowest BCUT2D eigenvalue weighted by Gasteiger charge is -2.34. The van der Waals surface area contributed by atoms with Crippen molar-refractivity contribution in [3.05, 3.63) is 66.0 Å². The number of aryl methyl sites for hydroxylation is 2. The monoisotopic (exact) mass is 363 g/mol. The molecule has 1 aliphatic rings. The van der Waals surface area contributed by atoms with Crippen LogP contribution in [0.25, 0.3) is 11.4 Å². The number of hydrogen-bond acceptors (Lipinski definition) is 3. The van der Waals surface area contributed by atoms with Crippen molar-refractivity contribution in [3.8, 4) is 11.4 Å². The van der Waals surface area contributed by atoms with Crippen molar-refractivity contribution in [1.82, 2.24) is 24.1 Å². The van der Waals surface area contributed by atoms with E-state index in [-0.39, 0.29) is 5.91 Å². The number of nitrogens with zero attached hydrogens (tertiary/aromatic N) is 5. The van der Waals surface area contributed by atoms with Gasteiger partial charge in [0.15, 0.2) is 0 Å². The number of carbonyl (C=O) groups excluding carboxylic acids is 1. The first-order valence-electron chi connectivity index (χ1n) is 9.33. The van der Waals surface area contributed by atoms with Crippen LogP contribution < -0.4 is 0 Å². The summed E-state index contributed by atoms with van der Waals surface area (Å²) in [5.74, 6) is 0.0600. The molecule has 2 aromatic heterocycles. The maximum Gasteiger partial charge on any atom is 0.272 e. The largest absolute Gasteiger partial charge is 0.349 e. The zero-order valence-corrected chi connectivity index (χ0v) is 15.9. The van der Waals surface area contributed by atoms with Crippen molar-refractivity contribution in [2.24, 2.45) is 14.1 Å². The van der Waals surface area contributed by atoms with Gasteiger partial charge in [-0.2, -0.15) is 5.10 Å². The summed E-state index contributed by atoms with van der Waals surface area (Å²) in [5, 5.41) is 4.54. The maximum atomic E-state index is 13.0. The number of hydrogen-bond donors (Lipinski definition) is 0. The average molecular weight is 363 g/mol. The third-order valence-corrected chi connectivity index (χ3v) is 5.21. The van der Waals surface area contributed by atoms with Gasteiger partial charge in [-0.3, -0.25) is 14.4 Å². The molecule has 0 aliphatic carbocycles. The predicted octanol–water partition coefficient (Wildman–Crippen LogP) is 2.38. The summed E-state index contributed by atoms with van der Waals surface area (Å²) in [7, 11) is 3.82. The Morgan fingerprint density at radius 2 is 1.74 bits per heavy atom. The van der Waals surface area contributed by atoms with Gasteiger partial charge in [-0.1, -0.05) is 30.3 Å². The second-order valence-corrected chi connectivity index (χ2v) is 7.10. The highest BCUT2D eigenvalue weighted by atomic mass is 16.2. The van der Waals surface area contributed by atoms with E-state index in [1.54, 1.807) is 4.68 Å². The van der Waals surface area contributed by atoms with E-state index in [4.69, 9.17) is 0 Å². The summed E-state index contributed by atoms with van der Waals surface area (Å²) >= 11 is 0. The first-order valence-corrected chi connectivity index (χ1v) is 9.33. The first-order chi connectivity index (χ1) is 13.1. The zero-order chi connectivity index (χ0) is 18.8. The van der Waals surface area contributed by atoms with Crippen molar-refractivity contribution >= 4 is 5.91 Å². The minimum absolute atomic E-state index is 0.0600. The lowest BCUT2D eigenvalue weighted by Crippen LogP contribution is -2.48. The number of piperazine rings is 1. The van der Waals surface area contributed by atoms with E-state index < -0.39 is 0 Å². The van der Waals surface area contributed by atoms with Gasteiger partial charge in [0.05, 0.1) is 5.69 Å². The van der Waals surface area contributed by atoms with Crippen LogP contribution in [-0.2, 0) is 20.6 Å². The second kappa shape index (κ2) is 7.40. The first kappa shape index (κ1) is 17.5. The van der Waals surface area contributed by atoms with Crippen LogP contribution in [-0.4, -0.2) is 56.2 Å². The van der Waals surface area contributed by atoms with E-state index in [1.165, 1.54) is 5.56 Å². The molecule has 3 heterocycles. The van der Waals surface area contributed by atoms with Crippen LogP contribution in [0.2, 0.25) is 0 Å². The molecule has 0 N–H and O–H groups in total. The van der Waals surface area contributed by atoms with Gasteiger partial charge in [-0.05, 0) is 23.8 Å². The van der Waals surface area contributed by atoms with Crippen LogP contribution in [0.5, 0.6) is 0 Å². The Hall–Kier alpha value is -2.86. The molecule has 3 aromatic rings. The Morgan fingerprint density at radius 3 is 2.41 bits per heavy atom. The van der Waals surface area contributed by atoms with E-state index in [1.807, 2.05) is 54.0 Å². The van der Waals surface area contributed by atoms with Crippen molar-refractivity contribution in [2.45, 2.75) is 6.54 Å². The number of rotatable bonds is 4. The molecule has 27 heavy (non-hydrogen) atoms. The van der Waals surface area contributed by atoms with E-state index in [9.17, 15) is 4.79 Å². The Bertz CT molecular complexity index is 919. The van der Waals surface area contributed by atoms with Gasteiger partial charge in [-0.15, -0.1) is 0 Å². The summed E-state index contributed by atoms with van der Waals surface area (Å²) in [4.78, 5) is 17.3. The molecule has 0 unspecified atom stereocenters. The standard InChI is InChI=1S/C21H25N5O/c1-23-10-6-9-19(23)18-15-20(24(2)22-18)21(27)26-13-11-25(12-14-26)16-17-7-4-3-5-8-17/h3-10,15H,11-14,16H2,1-2H3.